The number of benzene rings is 2. The maximum atomic E-state index is 14.7. The van der Waals surface area contributed by atoms with Gasteiger partial charge in [0.25, 0.3) is 5.91 Å². The standard InChI is InChI=1S/C23H19ClF2N2O5S/c1-2-28(13-21(29)30)23(31)14-3-10-20(27-12-14)22(18-11-16(25)6-9-19(18)26)34(32,33)17-7-4-15(24)5-8-17/h3-12,22H,2,13H2,1H3,(H,29,30). The summed E-state index contributed by atoms with van der Waals surface area (Å²) in [5, 5.41) is 7.53. The number of aromatic nitrogens is 1. The van der Waals surface area contributed by atoms with Gasteiger partial charge in [0.15, 0.2) is 9.84 Å². The van der Waals surface area contributed by atoms with Gasteiger partial charge in [-0.3, -0.25) is 14.6 Å². The Morgan fingerprint density at radius 2 is 1.76 bits per heavy atom. The molecule has 0 aliphatic carbocycles. The van der Waals surface area contributed by atoms with Crippen LogP contribution >= 0.6 is 11.6 Å². The van der Waals surface area contributed by atoms with Crippen LogP contribution < -0.4 is 0 Å². The highest BCUT2D eigenvalue weighted by Gasteiger charge is 2.34. The molecule has 1 heterocycles. The molecule has 0 radical (unpaired) electrons. The number of sulfone groups is 1. The Kier molecular flexibility index (Phi) is 7.63. The van der Waals surface area contributed by atoms with Gasteiger partial charge in [0.2, 0.25) is 0 Å². The normalized spacial score (nSPS) is 12.2. The number of nitrogens with zero attached hydrogens (tertiary/aromatic N) is 2. The van der Waals surface area contributed by atoms with Crippen molar-refractivity contribution in [3.8, 4) is 0 Å². The van der Waals surface area contributed by atoms with Crippen LogP contribution in [0.15, 0.2) is 65.7 Å². The molecule has 0 saturated heterocycles. The zero-order valence-corrected chi connectivity index (χ0v) is 19.4. The largest absolute Gasteiger partial charge is 0.480 e. The van der Waals surface area contributed by atoms with Gasteiger partial charge in [-0.1, -0.05) is 11.6 Å². The van der Waals surface area contributed by atoms with E-state index in [0.717, 1.165) is 29.3 Å². The van der Waals surface area contributed by atoms with Crippen LogP contribution in [-0.4, -0.2) is 48.4 Å². The van der Waals surface area contributed by atoms with Crippen molar-refractivity contribution in [2.45, 2.75) is 17.1 Å². The second-order valence-corrected chi connectivity index (χ2v) is 9.70. The third kappa shape index (κ3) is 5.40. The van der Waals surface area contributed by atoms with E-state index in [0.29, 0.717) is 0 Å². The third-order valence-corrected chi connectivity index (χ3v) is 7.29. The first kappa shape index (κ1) is 25.3. The van der Waals surface area contributed by atoms with Gasteiger partial charge in [0.05, 0.1) is 16.2 Å². The molecular formula is C23H19ClF2N2O5S. The van der Waals surface area contributed by atoms with Crippen LogP contribution in [-0.2, 0) is 14.6 Å². The topological polar surface area (TPSA) is 105 Å². The van der Waals surface area contributed by atoms with Crippen molar-refractivity contribution >= 4 is 33.3 Å². The van der Waals surface area contributed by atoms with Crippen LogP contribution in [0.3, 0.4) is 0 Å². The van der Waals surface area contributed by atoms with Gasteiger partial charge in [0, 0.05) is 23.3 Å². The van der Waals surface area contributed by atoms with E-state index >= 15 is 0 Å². The van der Waals surface area contributed by atoms with E-state index in [2.05, 4.69) is 4.98 Å². The van der Waals surface area contributed by atoms with Gasteiger partial charge in [-0.25, -0.2) is 17.2 Å². The lowest BCUT2D eigenvalue weighted by Crippen LogP contribution is -2.35. The van der Waals surface area contributed by atoms with Gasteiger partial charge in [-0.05, 0) is 61.5 Å². The molecule has 34 heavy (non-hydrogen) atoms. The predicted molar refractivity (Wildman–Crippen MR) is 120 cm³/mol. The lowest BCUT2D eigenvalue weighted by molar-refractivity contribution is -0.137. The molecule has 1 amide bonds. The fourth-order valence-electron chi connectivity index (χ4n) is 3.32. The van der Waals surface area contributed by atoms with Crippen molar-refractivity contribution in [1.82, 2.24) is 9.88 Å². The molecule has 1 unspecified atom stereocenters. The van der Waals surface area contributed by atoms with Crippen LogP contribution in [0.4, 0.5) is 8.78 Å². The fraction of sp³-hybridized carbons (Fsp3) is 0.174. The summed E-state index contributed by atoms with van der Waals surface area (Å²) >= 11 is 5.85. The molecule has 3 rings (SSSR count). The molecule has 3 aromatic rings. The highest BCUT2D eigenvalue weighted by Crippen LogP contribution is 2.36. The lowest BCUT2D eigenvalue weighted by atomic mass is 10.1. The van der Waals surface area contributed by atoms with E-state index in [-0.39, 0.29) is 27.7 Å². The van der Waals surface area contributed by atoms with E-state index < -0.39 is 50.7 Å². The number of likely N-dealkylation sites (N-methyl/N-ethyl adjacent to an activating group) is 1. The van der Waals surface area contributed by atoms with Gasteiger partial charge in [-0.15, -0.1) is 0 Å². The molecule has 0 bridgehead atoms. The van der Waals surface area contributed by atoms with Crippen molar-refractivity contribution < 1.29 is 31.9 Å². The Bertz CT molecular complexity index is 1320. The van der Waals surface area contributed by atoms with Gasteiger partial charge in [-0.2, -0.15) is 0 Å². The first-order chi connectivity index (χ1) is 16.0. The van der Waals surface area contributed by atoms with Crippen molar-refractivity contribution in [3.63, 3.8) is 0 Å². The number of hydrogen-bond donors (Lipinski definition) is 1. The van der Waals surface area contributed by atoms with E-state index in [1.54, 1.807) is 6.92 Å². The summed E-state index contributed by atoms with van der Waals surface area (Å²) < 4.78 is 55.7. The second-order valence-electron chi connectivity index (χ2n) is 7.23. The first-order valence-corrected chi connectivity index (χ1v) is 11.9. The summed E-state index contributed by atoms with van der Waals surface area (Å²) in [5.41, 5.74) is -0.603. The van der Waals surface area contributed by atoms with Crippen LogP contribution in [0.5, 0.6) is 0 Å². The summed E-state index contributed by atoms with van der Waals surface area (Å²) in [5.74, 6) is -3.62. The number of carboxylic acid groups (broad SMARTS) is 1. The zero-order chi connectivity index (χ0) is 25.0. The first-order valence-electron chi connectivity index (χ1n) is 9.96. The molecule has 11 heteroatoms. The monoisotopic (exact) mass is 508 g/mol. The molecule has 178 valence electrons. The van der Waals surface area contributed by atoms with Crippen LogP contribution in [0.1, 0.15) is 33.8 Å². The molecule has 2 aromatic carbocycles. The van der Waals surface area contributed by atoms with Crippen LogP contribution in [0.2, 0.25) is 5.02 Å². The Morgan fingerprint density at radius 1 is 1.09 bits per heavy atom. The SMILES string of the molecule is CCN(CC(=O)O)C(=O)c1ccc(C(c2cc(F)ccc2F)S(=O)(=O)c2ccc(Cl)cc2)nc1. The quantitative estimate of drug-likeness (QED) is 0.490. The number of rotatable bonds is 8. The number of halogens is 3. The number of amides is 1. The number of carbonyl (C=O) groups excluding carboxylic acids is 1. The minimum absolute atomic E-state index is 0.00852. The Morgan fingerprint density at radius 3 is 2.32 bits per heavy atom. The second kappa shape index (κ2) is 10.3. The summed E-state index contributed by atoms with van der Waals surface area (Å²) in [6.07, 6.45) is 1.07. The minimum Gasteiger partial charge on any atom is -0.480 e. The Balaban J connectivity index is 2.10. The molecule has 0 aliphatic heterocycles. The molecule has 1 N–H and O–H groups in total. The highest BCUT2D eigenvalue weighted by atomic mass is 35.5. The van der Waals surface area contributed by atoms with Crippen molar-refractivity contribution in [2.24, 2.45) is 0 Å². The van der Waals surface area contributed by atoms with E-state index in [4.69, 9.17) is 16.7 Å². The zero-order valence-electron chi connectivity index (χ0n) is 17.8. The molecular weight excluding hydrogens is 490 g/mol. The molecule has 0 fully saturated rings. The Labute approximate surface area is 199 Å². The number of aliphatic carboxylic acids is 1. The lowest BCUT2D eigenvalue weighted by Gasteiger charge is -2.20. The summed E-state index contributed by atoms with van der Waals surface area (Å²) in [7, 11) is -4.33. The Hall–Kier alpha value is -3.37. The van der Waals surface area contributed by atoms with Crippen LogP contribution in [0, 0.1) is 11.6 Å². The minimum atomic E-state index is -4.33. The summed E-state index contributed by atoms with van der Waals surface area (Å²) in [6, 6.07) is 10.1. The van der Waals surface area contributed by atoms with Crippen molar-refractivity contribution in [2.75, 3.05) is 13.1 Å². The van der Waals surface area contributed by atoms with E-state index in [1.807, 2.05) is 0 Å². The average Bonchev–Trinajstić information content (AvgIpc) is 2.80. The molecule has 1 aromatic heterocycles. The van der Waals surface area contributed by atoms with E-state index in [9.17, 15) is 26.8 Å². The summed E-state index contributed by atoms with van der Waals surface area (Å²) in [4.78, 5) is 28.5. The summed E-state index contributed by atoms with van der Waals surface area (Å²) in [6.45, 7) is 1.19. The van der Waals surface area contributed by atoms with Gasteiger partial charge >= 0.3 is 5.97 Å². The van der Waals surface area contributed by atoms with E-state index in [1.165, 1.54) is 36.4 Å². The maximum Gasteiger partial charge on any atom is 0.323 e. The number of carbonyl (C=O) groups is 2. The molecule has 1 atom stereocenters. The molecule has 0 spiro atoms. The maximum absolute atomic E-state index is 14.7. The molecule has 7 nitrogen and oxygen atoms in total. The van der Waals surface area contributed by atoms with Crippen molar-refractivity contribution in [1.29, 1.82) is 0 Å². The average molecular weight is 509 g/mol. The van der Waals surface area contributed by atoms with Crippen molar-refractivity contribution in [3.05, 3.63) is 94.3 Å². The van der Waals surface area contributed by atoms with Gasteiger partial charge < -0.3 is 10.0 Å². The molecule has 0 aliphatic rings. The highest BCUT2D eigenvalue weighted by molar-refractivity contribution is 7.91. The predicted octanol–water partition coefficient (Wildman–Crippen LogP) is 4.12. The number of hydrogen-bond acceptors (Lipinski definition) is 5. The van der Waals surface area contributed by atoms with Crippen LogP contribution in [0.25, 0.3) is 0 Å². The molecule has 0 saturated carbocycles. The van der Waals surface area contributed by atoms with Gasteiger partial charge in [0.1, 0.15) is 23.4 Å². The number of pyridine rings is 1. The smallest absolute Gasteiger partial charge is 0.323 e. The third-order valence-electron chi connectivity index (χ3n) is 4.99. The number of carboxylic acids is 1. The fourth-order valence-corrected chi connectivity index (χ4v) is 5.21.